The standard InChI is InChI=1S/C28H39FN6O2S/c1-5-35(19(3)4)27(36)23-9-21(29)7-8-24(23)37-25-12-30-18-31-26(25)34-14-20(15-34)13-33-16-28(17-33)10-22(11-28)32-38-6-2/h7-9,12,18-20,22,32H,5-6,10-11,13-17H2,1-4H3. The molecule has 38 heavy (non-hydrogen) atoms. The highest BCUT2D eigenvalue weighted by Gasteiger charge is 2.52. The molecule has 10 heteroatoms. The zero-order valence-corrected chi connectivity index (χ0v) is 23.6. The molecule has 2 aromatic rings. The van der Waals surface area contributed by atoms with E-state index in [4.69, 9.17) is 4.74 Å². The number of hydrogen-bond acceptors (Lipinski definition) is 8. The van der Waals surface area contributed by atoms with Crippen LogP contribution in [-0.2, 0) is 0 Å². The Bertz CT molecular complexity index is 1130. The van der Waals surface area contributed by atoms with E-state index in [0.29, 0.717) is 41.2 Å². The van der Waals surface area contributed by atoms with Crippen LogP contribution in [0.3, 0.4) is 0 Å². The molecule has 0 atom stereocenters. The molecular formula is C28H39FN6O2S. The molecule has 0 unspecified atom stereocenters. The number of ether oxygens (including phenoxy) is 1. The summed E-state index contributed by atoms with van der Waals surface area (Å²) in [5.74, 6) is 2.45. The zero-order chi connectivity index (χ0) is 26.9. The van der Waals surface area contributed by atoms with Gasteiger partial charge in [0, 0.05) is 63.0 Å². The van der Waals surface area contributed by atoms with Gasteiger partial charge in [-0.05, 0) is 57.2 Å². The SMILES string of the molecule is CCSNC1CC2(C1)CN(CC1CN(c3ncncc3Oc3ccc(F)cc3C(=O)N(CC)C(C)C)C1)C2. The third-order valence-corrected chi connectivity index (χ3v) is 8.71. The van der Waals surface area contributed by atoms with Crippen LogP contribution >= 0.6 is 11.9 Å². The smallest absolute Gasteiger partial charge is 0.257 e. The molecule has 1 aromatic heterocycles. The Morgan fingerprint density at radius 2 is 2.03 bits per heavy atom. The van der Waals surface area contributed by atoms with Gasteiger partial charge in [-0.3, -0.25) is 9.52 Å². The molecule has 8 nitrogen and oxygen atoms in total. The van der Waals surface area contributed by atoms with Gasteiger partial charge in [-0.15, -0.1) is 0 Å². The highest BCUT2D eigenvalue weighted by atomic mass is 32.2. The fourth-order valence-corrected chi connectivity index (χ4v) is 6.75. The minimum atomic E-state index is -0.475. The van der Waals surface area contributed by atoms with Crippen LogP contribution in [-0.4, -0.2) is 82.8 Å². The Balaban J connectivity index is 1.18. The number of nitrogens with zero attached hydrogens (tertiary/aromatic N) is 5. The Morgan fingerprint density at radius 3 is 2.71 bits per heavy atom. The summed E-state index contributed by atoms with van der Waals surface area (Å²) in [4.78, 5) is 28.3. The second-order valence-electron chi connectivity index (χ2n) is 11.2. The van der Waals surface area contributed by atoms with E-state index in [0.717, 1.165) is 25.4 Å². The summed E-state index contributed by atoms with van der Waals surface area (Å²) in [5.41, 5.74) is 0.751. The summed E-state index contributed by atoms with van der Waals surface area (Å²) in [5, 5.41) is 0. The first-order valence-electron chi connectivity index (χ1n) is 13.7. The molecule has 1 spiro atoms. The first kappa shape index (κ1) is 27.1. The van der Waals surface area contributed by atoms with E-state index in [2.05, 4.69) is 31.4 Å². The molecule has 3 heterocycles. The number of rotatable bonds is 11. The van der Waals surface area contributed by atoms with Crippen molar-refractivity contribution in [2.75, 3.05) is 49.9 Å². The number of nitrogens with one attached hydrogen (secondary N) is 1. The summed E-state index contributed by atoms with van der Waals surface area (Å²) < 4.78 is 23.9. The van der Waals surface area contributed by atoms with Crippen LogP contribution in [0.2, 0.25) is 0 Å². The number of carbonyl (C=O) groups excluding carboxylic acids is 1. The van der Waals surface area contributed by atoms with E-state index in [1.807, 2.05) is 32.7 Å². The maximum Gasteiger partial charge on any atom is 0.257 e. The first-order chi connectivity index (χ1) is 18.3. The van der Waals surface area contributed by atoms with Crippen LogP contribution in [0, 0.1) is 17.2 Å². The third-order valence-electron chi connectivity index (χ3n) is 7.92. The van der Waals surface area contributed by atoms with Crippen molar-refractivity contribution in [3.05, 3.63) is 42.1 Å². The van der Waals surface area contributed by atoms with Gasteiger partial charge in [0.1, 0.15) is 17.9 Å². The lowest BCUT2D eigenvalue weighted by Gasteiger charge is -2.60. The van der Waals surface area contributed by atoms with Gasteiger partial charge >= 0.3 is 0 Å². The zero-order valence-electron chi connectivity index (χ0n) is 22.8. The second kappa shape index (κ2) is 11.4. The summed E-state index contributed by atoms with van der Waals surface area (Å²) in [6, 6.07) is 4.73. The van der Waals surface area contributed by atoms with Gasteiger partial charge in [-0.2, -0.15) is 0 Å². The maximum atomic E-state index is 14.1. The Hall–Kier alpha value is -2.43. The van der Waals surface area contributed by atoms with Crippen molar-refractivity contribution in [2.45, 2.75) is 52.6 Å². The molecule has 0 bridgehead atoms. The quantitative estimate of drug-likeness (QED) is 0.418. The molecule has 1 aromatic carbocycles. The number of amides is 1. The molecule has 3 fully saturated rings. The highest BCUT2D eigenvalue weighted by Crippen LogP contribution is 2.49. The van der Waals surface area contributed by atoms with Crippen molar-refractivity contribution in [1.29, 1.82) is 0 Å². The molecule has 1 amide bonds. The largest absolute Gasteiger partial charge is 0.451 e. The van der Waals surface area contributed by atoms with E-state index >= 15 is 0 Å². The average Bonchev–Trinajstić information content (AvgIpc) is 2.82. The van der Waals surface area contributed by atoms with Gasteiger partial charge in [-0.25, -0.2) is 14.4 Å². The van der Waals surface area contributed by atoms with Crippen LogP contribution in [0.15, 0.2) is 30.7 Å². The average molecular weight is 543 g/mol. The molecule has 0 radical (unpaired) electrons. The topological polar surface area (TPSA) is 73.8 Å². The number of likely N-dealkylation sites (tertiary alicyclic amines) is 1. The van der Waals surface area contributed by atoms with Crippen LogP contribution in [0.5, 0.6) is 11.5 Å². The van der Waals surface area contributed by atoms with Crippen LogP contribution in [0.4, 0.5) is 10.2 Å². The van der Waals surface area contributed by atoms with Gasteiger partial charge in [0.05, 0.1) is 11.8 Å². The van der Waals surface area contributed by atoms with Crippen molar-refractivity contribution in [3.8, 4) is 11.5 Å². The summed E-state index contributed by atoms with van der Waals surface area (Å²) in [6.45, 7) is 13.9. The maximum absolute atomic E-state index is 14.1. The predicted octanol–water partition coefficient (Wildman–Crippen LogP) is 4.44. The fourth-order valence-electron chi connectivity index (χ4n) is 6.18. The Labute approximate surface area is 229 Å². The lowest BCUT2D eigenvalue weighted by Crippen LogP contribution is -2.67. The van der Waals surface area contributed by atoms with E-state index in [9.17, 15) is 9.18 Å². The molecule has 1 N–H and O–H groups in total. The van der Waals surface area contributed by atoms with Crippen molar-refractivity contribution in [3.63, 3.8) is 0 Å². The number of hydrogen-bond donors (Lipinski definition) is 1. The molecule has 1 saturated carbocycles. The first-order valence-corrected chi connectivity index (χ1v) is 14.7. The third kappa shape index (κ3) is 5.62. The number of aromatic nitrogens is 2. The lowest BCUT2D eigenvalue weighted by atomic mass is 9.61. The van der Waals surface area contributed by atoms with Gasteiger partial charge < -0.3 is 19.4 Å². The fraction of sp³-hybridized carbons (Fsp3) is 0.607. The Morgan fingerprint density at radius 1 is 1.26 bits per heavy atom. The monoisotopic (exact) mass is 542 g/mol. The molecule has 2 aliphatic heterocycles. The van der Waals surface area contributed by atoms with Crippen LogP contribution in [0.1, 0.15) is 50.9 Å². The van der Waals surface area contributed by atoms with Crippen LogP contribution < -0.4 is 14.4 Å². The molecule has 3 aliphatic rings. The minimum Gasteiger partial charge on any atom is -0.451 e. The number of halogens is 1. The molecular weight excluding hydrogens is 503 g/mol. The van der Waals surface area contributed by atoms with E-state index in [-0.39, 0.29) is 17.5 Å². The van der Waals surface area contributed by atoms with Crippen molar-refractivity contribution in [2.24, 2.45) is 11.3 Å². The highest BCUT2D eigenvalue weighted by molar-refractivity contribution is 7.97. The predicted molar refractivity (Wildman–Crippen MR) is 149 cm³/mol. The van der Waals surface area contributed by atoms with Crippen molar-refractivity contribution < 1.29 is 13.9 Å². The summed E-state index contributed by atoms with van der Waals surface area (Å²) >= 11 is 1.83. The Kier molecular flexibility index (Phi) is 8.11. The number of anilines is 1. The molecule has 1 aliphatic carbocycles. The molecule has 2 saturated heterocycles. The summed E-state index contributed by atoms with van der Waals surface area (Å²) in [6.07, 6.45) is 5.73. The molecule has 5 rings (SSSR count). The van der Waals surface area contributed by atoms with Gasteiger partial charge in [-0.1, -0.05) is 18.9 Å². The van der Waals surface area contributed by atoms with E-state index < -0.39 is 5.82 Å². The summed E-state index contributed by atoms with van der Waals surface area (Å²) in [7, 11) is 0. The van der Waals surface area contributed by atoms with E-state index in [1.165, 1.54) is 50.5 Å². The molecule has 206 valence electrons. The normalized spacial score (nSPS) is 19.3. The lowest BCUT2D eigenvalue weighted by molar-refractivity contribution is -0.0809. The van der Waals surface area contributed by atoms with Crippen molar-refractivity contribution >= 4 is 23.7 Å². The number of benzene rings is 1. The van der Waals surface area contributed by atoms with Crippen LogP contribution in [0.25, 0.3) is 0 Å². The second-order valence-corrected chi connectivity index (χ2v) is 12.3. The van der Waals surface area contributed by atoms with Gasteiger partial charge in [0.2, 0.25) is 0 Å². The van der Waals surface area contributed by atoms with Crippen molar-refractivity contribution in [1.82, 2.24) is 24.5 Å². The number of carbonyl (C=O) groups is 1. The van der Waals surface area contributed by atoms with Gasteiger partial charge in [0.25, 0.3) is 5.91 Å². The minimum absolute atomic E-state index is 0.0130. The van der Waals surface area contributed by atoms with Gasteiger partial charge in [0.15, 0.2) is 11.6 Å². The van der Waals surface area contributed by atoms with E-state index in [1.54, 1.807) is 11.1 Å².